The molecule has 0 radical (unpaired) electrons. The molecule has 2 rings (SSSR count). The van der Waals surface area contributed by atoms with Gasteiger partial charge in [0.25, 0.3) is 0 Å². The molecule has 0 fully saturated rings. The zero-order valence-corrected chi connectivity index (χ0v) is 12.2. The van der Waals surface area contributed by atoms with Crippen molar-refractivity contribution in [2.45, 2.75) is 19.6 Å². The molecule has 5 heteroatoms. The summed E-state index contributed by atoms with van der Waals surface area (Å²) in [6, 6.07) is 9.40. The van der Waals surface area contributed by atoms with E-state index in [-0.39, 0.29) is 12.2 Å². The van der Waals surface area contributed by atoms with Crippen LogP contribution in [-0.2, 0) is 6.61 Å². The van der Waals surface area contributed by atoms with Gasteiger partial charge in [-0.3, -0.25) is 0 Å². The van der Waals surface area contributed by atoms with Gasteiger partial charge in [0.2, 0.25) is 0 Å². The molecule has 0 amide bonds. The van der Waals surface area contributed by atoms with Crippen LogP contribution in [-0.4, -0.2) is 5.11 Å². The van der Waals surface area contributed by atoms with Crippen LogP contribution < -0.4 is 4.74 Å². The summed E-state index contributed by atoms with van der Waals surface area (Å²) in [4.78, 5) is 0. The molecular weight excluding hydrogens is 302 g/mol. The highest BCUT2D eigenvalue weighted by atomic mass is 35.5. The van der Waals surface area contributed by atoms with E-state index in [9.17, 15) is 9.50 Å². The lowest BCUT2D eigenvalue weighted by molar-refractivity contribution is 0.194. The second kappa shape index (κ2) is 6.44. The van der Waals surface area contributed by atoms with Gasteiger partial charge in [0.15, 0.2) is 0 Å². The van der Waals surface area contributed by atoms with Crippen LogP contribution in [0.4, 0.5) is 4.39 Å². The molecule has 2 nitrogen and oxygen atoms in total. The van der Waals surface area contributed by atoms with E-state index in [1.807, 2.05) is 0 Å². The molecule has 0 aliphatic carbocycles. The van der Waals surface area contributed by atoms with E-state index in [2.05, 4.69) is 0 Å². The monoisotopic (exact) mass is 314 g/mol. The van der Waals surface area contributed by atoms with Crippen LogP contribution in [0, 0.1) is 5.82 Å². The van der Waals surface area contributed by atoms with Crippen LogP contribution in [0.2, 0.25) is 10.0 Å². The first-order valence-electron chi connectivity index (χ1n) is 6.01. The minimum atomic E-state index is -0.855. The molecule has 0 aromatic heterocycles. The normalized spacial score (nSPS) is 12.2. The molecule has 1 unspecified atom stereocenters. The van der Waals surface area contributed by atoms with E-state index in [1.54, 1.807) is 24.3 Å². The van der Waals surface area contributed by atoms with Crippen molar-refractivity contribution in [3.8, 4) is 5.75 Å². The highest BCUT2D eigenvalue weighted by molar-refractivity contribution is 6.33. The molecule has 1 N–H and O–H groups in total. The minimum Gasteiger partial charge on any atom is -0.489 e. The lowest BCUT2D eigenvalue weighted by Crippen LogP contribution is -1.99. The Kier molecular flexibility index (Phi) is 4.86. The van der Waals surface area contributed by atoms with Crippen LogP contribution >= 0.6 is 23.2 Å². The van der Waals surface area contributed by atoms with Gasteiger partial charge >= 0.3 is 0 Å². The fourth-order valence-electron chi connectivity index (χ4n) is 1.75. The number of ether oxygens (including phenoxy) is 1. The van der Waals surface area contributed by atoms with Gasteiger partial charge in [-0.1, -0.05) is 23.2 Å². The number of aliphatic hydroxyl groups is 1. The second-order valence-electron chi connectivity index (χ2n) is 4.38. The molecule has 0 aliphatic rings. The van der Waals surface area contributed by atoms with Gasteiger partial charge in [0.05, 0.1) is 6.10 Å². The maximum Gasteiger partial charge on any atom is 0.132 e. The fraction of sp³-hybridized carbons (Fsp3) is 0.200. The number of benzene rings is 2. The Morgan fingerprint density at radius 3 is 2.60 bits per heavy atom. The third-order valence-electron chi connectivity index (χ3n) is 2.82. The summed E-state index contributed by atoms with van der Waals surface area (Å²) < 4.78 is 19.2. The maximum absolute atomic E-state index is 13.7. The average Bonchev–Trinajstić information content (AvgIpc) is 2.39. The van der Waals surface area contributed by atoms with Crippen molar-refractivity contribution in [3.05, 3.63) is 63.4 Å². The molecule has 2 aromatic carbocycles. The van der Waals surface area contributed by atoms with Gasteiger partial charge in [-0.2, -0.15) is 0 Å². The summed E-state index contributed by atoms with van der Waals surface area (Å²) in [5, 5.41) is 10.5. The number of rotatable bonds is 4. The quantitative estimate of drug-likeness (QED) is 0.881. The van der Waals surface area contributed by atoms with Crippen LogP contribution in [0.15, 0.2) is 36.4 Å². The van der Waals surface area contributed by atoms with Gasteiger partial charge in [0, 0.05) is 27.2 Å². The Labute approximate surface area is 126 Å². The summed E-state index contributed by atoms with van der Waals surface area (Å²) in [5.41, 5.74) is 0.956. The highest BCUT2D eigenvalue weighted by Crippen LogP contribution is 2.25. The van der Waals surface area contributed by atoms with Gasteiger partial charge in [0.1, 0.15) is 18.2 Å². The lowest BCUT2D eigenvalue weighted by Gasteiger charge is -2.11. The molecule has 0 aliphatic heterocycles. The van der Waals surface area contributed by atoms with E-state index in [1.165, 1.54) is 19.1 Å². The molecule has 0 heterocycles. The minimum absolute atomic E-state index is 0.187. The van der Waals surface area contributed by atoms with E-state index in [0.717, 1.165) is 5.56 Å². The Morgan fingerprint density at radius 1 is 1.20 bits per heavy atom. The van der Waals surface area contributed by atoms with Crippen molar-refractivity contribution >= 4 is 23.2 Å². The summed E-state index contributed by atoms with van der Waals surface area (Å²) in [5.74, 6) is -0.141. The third kappa shape index (κ3) is 3.63. The zero-order valence-electron chi connectivity index (χ0n) is 10.7. The van der Waals surface area contributed by atoms with Crippen molar-refractivity contribution in [1.82, 2.24) is 0 Å². The molecule has 2 aromatic rings. The Bertz CT molecular complexity index is 615. The van der Waals surface area contributed by atoms with Gasteiger partial charge in [-0.25, -0.2) is 4.39 Å². The molecule has 0 saturated carbocycles. The highest BCUT2D eigenvalue weighted by Gasteiger charge is 2.09. The van der Waals surface area contributed by atoms with E-state index in [4.69, 9.17) is 27.9 Å². The molecule has 0 spiro atoms. The smallest absolute Gasteiger partial charge is 0.132 e. The van der Waals surface area contributed by atoms with E-state index < -0.39 is 11.9 Å². The second-order valence-corrected chi connectivity index (χ2v) is 5.23. The van der Waals surface area contributed by atoms with Crippen LogP contribution in [0.5, 0.6) is 5.75 Å². The van der Waals surface area contributed by atoms with E-state index in [0.29, 0.717) is 15.8 Å². The van der Waals surface area contributed by atoms with Crippen molar-refractivity contribution in [2.24, 2.45) is 0 Å². The standard InChI is InChI=1S/C15H13Cl2FO2/c1-9(19)13-4-3-12(7-15(13)18)20-8-10-6-11(16)2-5-14(10)17/h2-7,9,19H,8H2,1H3. The third-order valence-corrected chi connectivity index (χ3v) is 3.43. The molecule has 0 bridgehead atoms. The van der Waals surface area contributed by atoms with Crippen LogP contribution in [0.3, 0.4) is 0 Å². The van der Waals surface area contributed by atoms with Crippen LogP contribution in [0.1, 0.15) is 24.2 Å². The Morgan fingerprint density at radius 2 is 1.95 bits per heavy atom. The van der Waals surface area contributed by atoms with Gasteiger partial charge in [-0.15, -0.1) is 0 Å². The first kappa shape index (κ1) is 15.1. The maximum atomic E-state index is 13.7. The molecule has 0 saturated heterocycles. The number of halogens is 3. The summed E-state index contributed by atoms with van der Waals surface area (Å²) in [7, 11) is 0. The average molecular weight is 315 g/mol. The predicted octanol–water partition coefficient (Wildman–Crippen LogP) is 4.76. The molecule has 106 valence electrons. The summed E-state index contributed by atoms with van der Waals surface area (Å²) in [6.07, 6.45) is -0.855. The molecular formula is C15H13Cl2FO2. The Hall–Kier alpha value is -1.29. The van der Waals surface area contributed by atoms with Gasteiger partial charge in [-0.05, 0) is 37.3 Å². The fourth-order valence-corrected chi connectivity index (χ4v) is 2.12. The lowest BCUT2D eigenvalue weighted by atomic mass is 10.1. The van der Waals surface area contributed by atoms with Crippen molar-refractivity contribution in [3.63, 3.8) is 0 Å². The largest absolute Gasteiger partial charge is 0.489 e. The predicted molar refractivity (Wildman–Crippen MR) is 77.8 cm³/mol. The zero-order chi connectivity index (χ0) is 14.7. The summed E-state index contributed by atoms with van der Waals surface area (Å²) in [6.45, 7) is 1.69. The molecule has 1 atom stereocenters. The Balaban J connectivity index is 2.11. The first-order chi connectivity index (χ1) is 9.47. The topological polar surface area (TPSA) is 29.5 Å². The van der Waals surface area contributed by atoms with Crippen LogP contribution in [0.25, 0.3) is 0 Å². The molecule has 20 heavy (non-hydrogen) atoms. The van der Waals surface area contributed by atoms with Crippen molar-refractivity contribution in [2.75, 3.05) is 0 Å². The van der Waals surface area contributed by atoms with E-state index >= 15 is 0 Å². The number of hydrogen-bond donors (Lipinski definition) is 1. The van der Waals surface area contributed by atoms with Gasteiger partial charge < -0.3 is 9.84 Å². The first-order valence-corrected chi connectivity index (χ1v) is 6.77. The van der Waals surface area contributed by atoms with Crippen molar-refractivity contribution in [1.29, 1.82) is 0 Å². The number of aliphatic hydroxyl groups excluding tert-OH is 1. The SMILES string of the molecule is CC(O)c1ccc(OCc2cc(Cl)ccc2Cl)cc1F. The van der Waals surface area contributed by atoms with Crippen molar-refractivity contribution < 1.29 is 14.2 Å². The summed E-state index contributed by atoms with van der Waals surface area (Å²) >= 11 is 11.9. The number of hydrogen-bond acceptors (Lipinski definition) is 2.